The van der Waals surface area contributed by atoms with Gasteiger partial charge in [-0.15, -0.1) is 0 Å². The zero-order valence-electron chi connectivity index (χ0n) is 11.9. The Hall–Kier alpha value is -1.03. The van der Waals surface area contributed by atoms with E-state index in [1.54, 1.807) is 20.8 Å². The summed E-state index contributed by atoms with van der Waals surface area (Å²) < 4.78 is 66.9. The molecule has 0 aromatic carbocycles. The maximum atomic E-state index is 12.1. The van der Waals surface area contributed by atoms with Crippen LogP contribution in [-0.2, 0) is 19.0 Å². The molecule has 0 aromatic rings. The van der Waals surface area contributed by atoms with Crippen LogP contribution in [0.2, 0.25) is 0 Å². The van der Waals surface area contributed by atoms with Crippen molar-refractivity contribution in [3.05, 3.63) is 0 Å². The van der Waals surface area contributed by atoms with Crippen molar-refractivity contribution in [1.82, 2.24) is 4.90 Å². The first-order valence-corrected chi connectivity index (χ1v) is 7.66. The quantitative estimate of drug-likeness (QED) is 0.584. The summed E-state index contributed by atoms with van der Waals surface area (Å²) in [7, 11) is -5.59. The lowest BCUT2D eigenvalue weighted by atomic mass is 10.1. The fourth-order valence-electron chi connectivity index (χ4n) is 1.71. The minimum absolute atomic E-state index is 0.0995. The van der Waals surface area contributed by atoms with Crippen LogP contribution in [0, 0.1) is 5.92 Å². The first kappa shape index (κ1) is 18.0. The van der Waals surface area contributed by atoms with E-state index in [1.807, 2.05) is 0 Å². The van der Waals surface area contributed by atoms with E-state index < -0.39 is 39.8 Å². The van der Waals surface area contributed by atoms with Gasteiger partial charge in [-0.1, -0.05) is 0 Å². The molecule has 0 N–H and O–H groups in total. The Balaban J connectivity index is 2.48. The highest BCUT2D eigenvalue weighted by atomic mass is 32.2. The molecule has 0 unspecified atom stereocenters. The van der Waals surface area contributed by atoms with Gasteiger partial charge in [0, 0.05) is 19.0 Å². The average Bonchev–Trinajstić information content (AvgIpc) is 2.71. The topological polar surface area (TPSA) is 72.9 Å². The monoisotopic (exact) mass is 333 g/mol. The number of alkyl halides is 3. The second-order valence-electron chi connectivity index (χ2n) is 5.77. The molecule has 1 atom stereocenters. The Labute approximate surface area is 121 Å². The number of nitrogens with zero attached hydrogens (tertiary/aromatic N) is 1. The molecule has 1 aliphatic heterocycles. The molecule has 1 aliphatic rings. The second-order valence-corrected chi connectivity index (χ2v) is 7.37. The predicted octanol–water partition coefficient (Wildman–Crippen LogP) is 2.11. The molecule has 1 rings (SSSR count). The SMILES string of the molecule is CC(C)(C)OC(=O)N1CC[C@@H](COS(=O)(=O)C(F)(F)F)C1. The van der Waals surface area contributed by atoms with E-state index >= 15 is 0 Å². The van der Waals surface area contributed by atoms with Gasteiger partial charge in [-0.3, -0.25) is 4.18 Å². The van der Waals surface area contributed by atoms with Crippen LogP contribution in [0.5, 0.6) is 0 Å². The molecule has 6 nitrogen and oxygen atoms in total. The molecule has 0 spiro atoms. The second kappa shape index (κ2) is 5.99. The van der Waals surface area contributed by atoms with Crippen molar-refractivity contribution in [2.45, 2.75) is 38.3 Å². The fraction of sp³-hybridized carbons (Fsp3) is 0.909. The summed E-state index contributed by atoms with van der Waals surface area (Å²) in [5, 5.41) is 0. The fourth-order valence-corrected chi connectivity index (χ4v) is 2.22. The van der Waals surface area contributed by atoms with Gasteiger partial charge in [-0.25, -0.2) is 4.79 Å². The Kier molecular flexibility index (Phi) is 5.14. The van der Waals surface area contributed by atoms with Gasteiger partial charge in [-0.05, 0) is 27.2 Å². The van der Waals surface area contributed by atoms with Crippen molar-refractivity contribution in [3.8, 4) is 0 Å². The first-order chi connectivity index (χ1) is 9.32. The lowest BCUT2D eigenvalue weighted by molar-refractivity contribution is -0.0550. The summed E-state index contributed by atoms with van der Waals surface area (Å²) in [6, 6.07) is 0. The van der Waals surface area contributed by atoms with E-state index in [4.69, 9.17) is 4.74 Å². The van der Waals surface area contributed by atoms with Gasteiger partial charge in [0.15, 0.2) is 0 Å². The molecule has 1 heterocycles. The van der Waals surface area contributed by atoms with E-state index in [0.717, 1.165) is 0 Å². The van der Waals surface area contributed by atoms with Gasteiger partial charge in [0.1, 0.15) is 5.60 Å². The van der Waals surface area contributed by atoms with E-state index in [2.05, 4.69) is 4.18 Å². The summed E-state index contributed by atoms with van der Waals surface area (Å²) in [5.41, 5.74) is -6.11. The van der Waals surface area contributed by atoms with Crippen LogP contribution in [0.3, 0.4) is 0 Å². The van der Waals surface area contributed by atoms with Gasteiger partial charge in [0.05, 0.1) is 6.61 Å². The van der Waals surface area contributed by atoms with E-state index in [-0.39, 0.29) is 13.1 Å². The number of hydrogen-bond donors (Lipinski definition) is 0. The Morgan fingerprint density at radius 2 is 1.86 bits per heavy atom. The van der Waals surface area contributed by atoms with E-state index in [0.29, 0.717) is 6.42 Å². The standard InChI is InChI=1S/C11H18F3NO5S/c1-10(2,3)20-9(16)15-5-4-8(6-15)7-19-21(17,18)11(12,13)14/h8H,4-7H2,1-3H3/t8-/m1/s1. The highest BCUT2D eigenvalue weighted by Gasteiger charge is 2.47. The Morgan fingerprint density at radius 1 is 1.29 bits per heavy atom. The molecule has 21 heavy (non-hydrogen) atoms. The van der Waals surface area contributed by atoms with Gasteiger partial charge >= 0.3 is 21.7 Å². The van der Waals surface area contributed by atoms with Gasteiger partial charge in [0.25, 0.3) is 0 Å². The van der Waals surface area contributed by atoms with Crippen LogP contribution < -0.4 is 0 Å². The average molecular weight is 333 g/mol. The number of hydrogen-bond acceptors (Lipinski definition) is 5. The molecule has 0 radical (unpaired) electrons. The Bertz CT molecular complexity index is 483. The van der Waals surface area contributed by atoms with Gasteiger partial charge < -0.3 is 9.64 Å². The van der Waals surface area contributed by atoms with Crippen LogP contribution >= 0.6 is 0 Å². The van der Waals surface area contributed by atoms with Crippen LogP contribution in [0.25, 0.3) is 0 Å². The summed E-state index contributed by atoms with van der Waals surface area (Å²) in [6.45, 7) is 4.85. The van der Waals surface area contributed by atoms with E-state index in [1.165, 1.54) is 4.90 Å². The third kappa shape index (κ3) is 5.34. The van der Waals surface area contributed by atoms with Crippen LogP contribution in [0.4, 0.5) is 18.0 Å². The molecule has 1 fully saturated rings. The van der Waals surface area contributed by atoms with Crippen LogP contribution in [0.15, 0.2) is 0 Å². The highest BCUT2D eigenvalue weighted by molar-refractivity contribution is 7.87. The summed E-state index contributed by atoms with van der Waals surface area (Å²) in [4.78, 5) is 13.1. The van der Waals surface area contributed by atoms with Gasteiger partial charge in [-0.2, -0.15) is 21.6 Å². The maximum Gasteiger partial charge on any atom is 0.523 e. The summed E-state index contributed by atoms with van der Waals surface area (Å²) in [6.07, 6.45) is -0.226. The Morgan fingerprint density at radius 3 is 2.33 bits per heavy atom. The molecule has 10 heteroatoms. The van der Waals surface area contributed by atoms with Crippen molar-refractivity contribution in [3.63, 3.8) is 0 Å². The first-order valence-electron chi connectivity index (χ1n) is 6.25. The zero-order valence-corrected chi connectivity index (χ0v) is 12.8. The third-order valence-electron chi connectivity index (χ3n) is 2.68. The molecular formula is C11H18F3NO5S. The molecule has 0 bridgehead atoms. The largest absolute Gasteiger partial charge is 0.523 e. The minimum atomic E-state index is -5.59. The van der Waals surface area contributed by atoms with Crippen molar-refractivity contribution in [2.24, 2.45) is 5.92 Å². The lowest BCUT2D eigenvalue weighted by Gasteiger charge is -2.24. The van der Waals surface area contributed by atoms with Crippen molar-refractivity contribution < 1.29 is 35.3 Å². The van der Waals surface area contributed by atoms with Crippen molar-refractivity contribution >= 4 is 16.2 Å². The van der Waals surface area contributed by atoms with Crippen molar-refractivity contribution in [2.75, 3.05) is 19.7 Å². The highest BCUT2D eigenvalue weighted by Crippen LogP contribution is 2.26. The van der Waals surface area contributed by atoms with Crippen molar-refractivity contribution in [1.29, 1.82) is 0 Å². The van der Waals surface area contributed by atoms with Crippen LogP contribution in [0.1, 0.15) is 27.2 Å². The molecule has 124 valence electrons. The minimum Gasteiger partial charge on any atom is -0.444 e. The summed E-state index contributed by atoms with van der Waals surface area (Å²) >= 11 is 0. The lowest BCUT2D eigenvalue weighted by Crippen LogP contribution is -2.35. The number of amides is 1. The maximum absolute atomic E-state index is 12.1. The third-order valence-corrected chi connectivity index (χ3v) is 3.69. The number of halogens is 3. The number of ether oxygens (including phenoxy) is 1. The number of carbonyl (C=O) groups is 1. The number of rotatable bonds is 3. The molecule has 1 amide bonds. The molecule has 0 aliphatic carbocycles. The molecule has 0 aromatic heterocycles. The molecule has 1 saturated heterocycles. The smallest absolute Gasteiger partial charge is 0.444 e. The van der Waals surface area contributed by atoms with E-state index in [9.17, 15) is 26.4 Å². The van der Waals surface area contributed by atoms with Gasteiger partial charge in [0.2, 0.25) is 0 Å². The number of carbonyl (C=O) groups excluding carboxylic acids is 1. The molecular weight excluding hydrogens is 315 g/mol. The summed E-state index contributed by atoms with van der Waals surface area (Å²) in [5.74, 6) is -0.477. The predicted molar refractivity (Wildman–Crippen MR) is 66.8 cm³/mol. The normalized spacial score (nSPS) is 20.7. The zero-order chi connectivity index (χ0) is 16.5. The number of likely N-dealkylation sites (tertiary alicyclic amines) is 1. The van der Waals surface area contributed by atoms with Crippen LogP contribution in [-0.4, -0.2) is 50.2 Å². The molecule has 0 saturated carbocycles.